The SMILES string of the molecule is NC(N)=NCCCCC(=O)NC(CCCN=C(N)N)C(=O)N1CCC2(CC1)C(=O)N(CC(=O)NC(CO)C(=O)N[C@@H]1CSc3ccccc3N(CC(=O)O)C1=O)CN2CCc1ccccc1. The number of benzene rings is 2. The van der Waals surface area contributed by atoms with Crippen molar-refractivity contribution in [2.45, 2.75) is 79.9 Å². The van der Waals surface area contributed by atoms with Crippen molar-refractivity contribution in [3.63, 3.8) is 0 Å². The van der Waals surface area contributed by atoms with E-state index in [-0.39, 0.29) is 87.4 Å². The number of likely N-dealkylation sites (tertiary alicyclic amines) is 1. The number of aliphatic imine (C=N–C) groups is 2. The van der Waals surface area contributed by atoms with E-state index in [0.29, 0.717) is 49.4 Å². The van der Waals surface area contributed by atoms with Crippen LogP contribution in [-0.4, -0.2) is 167 Å². The van der Waals surface area contributed by atoms with E-state index in [9.17, 15) is 43.8 Å². The van der Waals surface area contributed by atoms with Gasteiger partial charge in [-0.2, -0.15) is 0 Å². The van der Waals surface area contributed by atoms with Crippen molar-refractivity contribution >= 4 is 70.8 Å². The van der Waals surface area contributed by atoms with Gasteiger partial charge in [0, 0.05) is 49.8 Å². The van der Waals surface area contributed by atoms with Gasteiger partial charge >= 0.3 is 5.97 Å². The lowest BCUT2D eigenvalue weighted by Gasteiger charge is -2.43. The Balaban J connectivity index is 1.24. The predicted octanol–water partition coefficient (Wildman–Crippen LogP) is -2.14. The quantitative estimate of drug-likeness (QED) is 0.0346. The number of hydrogen-bond acceptors (Lipinski definition) is 12. The van der Waals surface area contributed by atoms with E-state index < -0.39 is 67.1 Å². The molecule has 3 heterocycles. The van der Waals surface area contributed by atoms with Crippen LogP contribution >= 0.6 is 11.8 Å². The van der Waals surface area contributed by atoms with Crippen molar-refractivity contribution in [1.29, 1.82) is 0 Å². The van der Waals surface area contributed by atoms with Gasteiger partial charge in [-0.3, -0.25) is 53.3 Å². The molecule has 0 aromatic heterocycles. The molecule has 66 heavy (non-hydrogen) atoms. The number of para-hydroxylation sites is 1. The Labute approximate surface area is 386 Å². The molecule has 5 rings (SSSR count). The smallest absolute Gasteiger partial charge is 0.323 e. The molecule has 0 radical (unpaired) electrons. The maximum atomic E-state index is 14.5. The molecule has 0 saturated carbocycles. The second-order valence-corrected chi connectivity index (χ2v) is 17.4. The summed E-state index contributed by atoms with van der Waals surface area (Å²) in [5, 5.41) is 27.7. The van der Waals surface area contributed by atoms with Crippen LogP contribution in [0.15, 0.2) is 69.5 Å². The van der Waals surface area contributed by atoms with E-state index in [1.807, 2.05) is 35.2 Å². The number of fused-ring (bicyclic) bond motifs is 1. The van der Waals surface area contributed by atoms with E-state index >= 15 is 0 Å². The summed E-state index contributed by atoms with van der Waals surface area (Å²) in [4.78, 5) is 109. The lowest BCUT2D eigenvalue weighted by Crippen LogP contribution is -2.59. The number of rotatable bonds is 22. The van der Waals surface area contributed by atoms with Crippen LogP contribution in [0.5, 0.6) is 0 Å². The number of carbonyl (C=O) groups is 7. The van der Waals surface area contributed by atoms with Crippen molar-refractivity contribution in [1.82, 2.24) is 30.7 Å². The number of thioether (sulfide) groups is 1. The number of guanidine groups is 2. The molecule has 3 aliphatic rings. The fraction of sp³-hybridized carbons (Fsp3) is 0.512. The van der Waals surface area contributed by atoms with Crippen molar-refractivity contribution in [3.05, 3.63) is 60.2 Å². The Kier molecular flexibility index (Phi) is 18.5. The first-order valence-electron chi connectivity index (χ1n) is 21.8. The molecule has 2 aromatic rings. The minimum absolute atomic E-state index is 0.0354. The molecule has 3 atom stereocenters. The van der Waals surface area contributed by atoms with Gasteiger partial charge in [-0.1, -0.05) is 42.5 Å². The van der Waals surface area contributed by atoms with E-state index in [0.717, 1.165) is 10.5 Å². The van der Waals surface area contributed by atoms with E-state index in [1.165, 1.54) is 16.7 Å². The van der Waals surface area contributed by atoms with Gasteiger partial charge in [0.15, 0.2) is 11.9 Å². The number of hydrogen-bond donors (Lipinski definition) is 9. The number of aliphatic hydroxyl groups is 1. The van der Waals surface area contributed by atoms with Gasteiger partial charge in [-0.15, -0.1) is 11.8 Å². The van der Waals surface area contributed by atoms with Crippen LogP contribution in [0.25, 0.3) is 0 Å². The molecule has 358 valence electrons. The first-order chi connectivity index (χ1) is 31.6. The van der Waals surface area contributed by atoms with Gasteiger partial charge in [0.05, 0.1) is 19.0 Å². The number of piperidine rings is 1. The number of carboxylic acid groups (broad SMARTS) is 1. The van der Waals surface area contributed by atoms with Gasteiger partial charge in [0.25, 0.3) is 5.91 Å². The van der Waals surface area contributed by atoms with E-state index in [2.05, 4.69) is 25.9 Å². The summed E-state index contributed by atoms with van der Waals surface area (Å²) in [6.45, 7) is -0.409. The summed E-state index contributed by atoms with van der Waals surface area (Å²) < 4.78 is 0. The largest absolute Gasteiger partial charge is 0.480 e. The number of aliphatic hydroxyl groups excluding tert-OH is 1. The van der Waals surface area contributed by atoms with Gasteiger partial charge in [-0.05, 0) is 62.6 Å². The number of carboxylic acids is 1. The molecule has 2 aromatic carbocycles. The average Bonchev–Trinajstić information content (AvgIpc) is 3.45. The number of nitrogens with zero attached hydrogens (tertiary/aromatic N) is 6. The molecular weight excluding hydrogens is 875 g/mol. The molecular formula is C43H61N13O9S. The van der Waals surface area contributed by atoms with Crippen molar-refractivity contribution in [2.75, 3.05) is 69.7 Å². The van der Waals surface area contributed by atoms with Crippen molar-refractivity contribution in [3.8, 4) is 0 Å². The topological polar surface area (TPSA) is 338 Å². The number of carbonyl (C=O) groups excluding carboxylic acids is 6. The highest BCUT2D eigenvalue weighted by atomic mass is 32.2. The third-order valence-electron chi connectivity index (χ3n) is 11.6. The summed E-state index contributed by atoms with van der Waals surface area (Å²) in [5.74, 6) is -4.54. The number of aliphatic carboxylic acids is 1. The Morgan fingerprint density at radius 3 is 2.15 bits per heavy atom. The third-order valence-corrected chi connectivity index (χ3v) is 12.8. The Morgan fingerprint density at radius 2 is 1.48 bits per heavy atom. The number of anilines is 1. The normalized spacial score (nSPS) is 17.8. The Hall–Kier alpha value is -6.46. The molecule has 13 N–H and O–H groups in total. The molecule has 2 fully saturated rings. The maximum Gasteiger partial charge on any atom is 0.323 e. The Morgan fingerprint density at radius 1 is 0.833 bits per heavy atom. The summed E-state index contributed by atoms with van der Waals surface area (Å²) in [7, 11) is 0. The summed E-state index contributed by atoms with van der Waals surface area (Å²) in [6.07, 6.45) is 2.97. The highest BCUT2D eigenvalue weighted by Crippen LogP contribution is 2.37. The molecule has 3 aliphatic heterocycles. The second kappa shape index (κ2) is 24.2. The van der Waals surface area contributed by atoms with Gasteiger partial charge in [-0.25, -0.2) is 0 Å². The molecule has 0 aliphatic carbocycles. The fourth-order valence-corrected chi connectivity index (χ4v) is 9.34. The van der Waals surface area contributed by atoms with Gasteiger partial charge in [0.1, 0.15) is 36.8 Å². The standard InChI is InChI=1S/C43H61N13O9S/c44-41(45)48-18-7-6-14-34(58)50-29(11-8-19-49-42(46)47)38(63)53-21-16-43(17-22-53)40(65)54(27-55(43)20-15-28-9-2-1-3-10-28)23-35(59)51-30(25-57)37(62)52-31-26-66-33-13-5-4-12-32(33)56(39(31)64)24-36(60)61/h1-5,9-10,12-13,29-31,57H,6-8,11,14-27H2,(H,50,58)(H,51,59)(H,52,62)(H,60,61)(H4,44,45,48)(H4,46,47,49)/t29?,30?,31-/m1/s1. The number of amides is 6. The van der Waals surface area contributed by atoms with Crippen LogP contribution in [0.3, 0.4) is 0 Å². The van der Waals surface area contributed by atoms with Crippen molar-refractivity contribution < 1.29 is 43.8 Å². The second-order valence-electron chi connectivity index (χ2n) is 16.3. The number of nitrogens with one attached hydrogen (secondary N) is 3. The molecule has 22 nitrogen and oxygen atoms in total. The molecule has 6 amide bonds. The van der Waals surface area contributed by atoms with Crippen LogP contribution in [0.4, 0.5) is 5.69 Å². The summed E-state index contributed by atoms with van der Waals surface area (Å²) in [5.41, 5.74) is 22.1. The monoisotopic (exact) mass is 935 g/mol. The predicted molar refractivity (Wildman–Crippen MR) is 246 cm³/mol. The summed E-state index contributed by atoms with van der Waals surface area (Å²) in [6, 6.07) is 12.9. The zero-order valence-electron chi connectivity index (χ0n) is 36.8. The van der Waals surface area contributed by atoms with Crippen LogP contribution in [0.2, 0.25) is 0 Å². The lowest BCUT2D eigenvalue weighted by molar-refractivity contribution is -0.144. The van der Waals surface area contributed by atoms with Crippen LogP contribution in [0, 0.1) is 0 Å². The molecule has 2 saturated heterocycles. The van der Waals surface area contributed by atoms with Crippen LogP contribution < -0.4 is 43.8 Å². The first kappa shape index (κ1) is 50.5. The van der Waals surface area contributed by atoms with E-state index in [1.54, 1.807) is 29.2 Å². The third kappa shape index (κ3) is 13.8. The maximum absolute atomic E-state index is 14.5. The average molecular weight is 936 g/mol. The molecule has 2 unspecified atom stereocenters. The summed E-state index contributed by atoms with van der Waals surface area (Å²) >= 11 is 1.25. The highest BCUT2D eigenvalue weighted by Gasteiger charge is 2.54. The lowest BCUT2D eigenvalue weighted by atomic mass is 9.85. The minimum atomic E-state index is -1.50. The van der Waals surface area contributed by atoms with Crippen LogP contribution in [0.1, 0.15) is 50.5 Å². The number of nitrogens with two attached hydrogens (primary N) is 4. The van der Waals surface area contributed by atoms with Gasteiger partial charge in [0.2, 0.25) is 29.5 Å². The van der Waals surface area contributed by atoms with Crippen LogP contribution in [-0.2, 0) is 40.0 Å². The minimum Gasteiger partial charge on any atom is -0.480 e. The molecule has 23 heteroatoms. The molecule has 0 bridgehead atoms. The highest BCUT2D eigenvalue weighted by molar-refractivity contribution is 7.99. The fourth-order valence-electron chi connectivity index (χ4n) is 8.27. The first-order valence-corrected chi connectivity index (χ1v) is 22.8. The van der Waals surface area contributed by atoms with Gasteiger partial charge < -0.3 is 58.9 Å². The zero-order valence-corrected chi connectivity index (χ0v) is 37.6. The van der Waals surface area contributed by atoms with Crippen molar-refractivity contribution in [2.24, 2.45) is 32.9 Å². The zero-order chi connectivity index (χ0) is 47.8. The van der Waals surface area contributed by atoms with E-state index in [4.69, 9.17) is 22.9 Å². The molecule has 1 spiro atoms. The Bertz CT molecular complexity index is 2110. The number of unbranched alkanes of at least 4 members (excludes halogenated alkanes) is 1.